The van der Waals surface area contributed by atoms with Gasteiger partial charge in [0, 0.05) is 13.2 Å². The van der Waals surface area contributed by atoms with Crippen LogP contribution in [0.5, 0.6) is 0 Å². The van der Waals surface area contributed by atoms with E-state index in [0.29, 0.717) is 0 Å². The smallest absolute Gasteiger partial charge is 0.381 e. The van der Waals surface area contributed by atoms with Gasteiger partial charge in [-0.1, -0.05) is 0 Å². The van der Waals surface area contributed by atoms with Gasteiger partial charge in [-0.3, -0.25) is 0 Å². The van der Waals surface area contributed by atoms with Gasteiger partial charge >= 0.3 is 21.7 Å². The van der Waals surface area contributed by atoms with E-state index in [4.69, 9.17) is 4.74 Å². The van der Waals surface area contributed by atoms with Gasteiger partial charge in [-0.2, -0.15) is 36.4 Å². The predicted molar refractivity (Wildman–Crippen MR) is 64.1 cm³/mol. The normalized spacial score (nSPS) is 12.5. The summed E-state index contributed by atoms with van der Waals surface area (Å²) in [5.41, 5.74) is 0. The molecule has 1 aliphatic heterocycles. The molecule has 1 saturated heterocycles. The molecule has 16 heavy (non-hydrogen) atoms. The zero-order valence-corrected chi connectivity index (χ0v) is 11.1. The van der Waals surface area contributed by atoms with Crippen LogP contribution < -0.4 is 0 Å². The summed E-state index contributed by atoms with van der Waals surface area (Å²) in [5.74, 6) is 0. The fourth-order valence-corrected chi connectivity index (χ4v) is 1.15. The zero-order valence-electron chi connectivity index (χ0n) is 9.51. The Morgan fingerprint density at radius 3 is 1.19 bits per heavy atom. The van der Waals surface area contributed by atoms with Gasteiger partial charge in [0.05, 0.1) is 0 Å². The van der Waals surface area contributed by atoms with Gasteiger partial charge < -0.3 is 4.74 Å². The standard InChI is InChI=1S/2C5H5.C4H8O.Ti/c3*1-2-4-5-3-1;/h2*1-5H;1-4H2;/q2*-1;;+2. The van der Waals surface area contributed by atoms with Crippen molar-refractivity contribution in [2.75, 3.05) is 13.2 Å². The van der Waals surface area contributed by atoms with E-state index in [1.54, 1.807) is 0 Å². The zero-order chi connectivity index (χ0) is 10.6. The minimum atomic E-state index is 0. The van der Waals surface area contributed by atoms with E-state index < -0.39 is 0 Å². The van der Waals surface area contributed by atoms with Crippen LogP contribution in [0.1, 0.15) is 12.8 Å². The minimum Gasteiger partial charge on any atom is -0.381 e. The molecule has 0 bridgehead atoms. The molecule has 0 radical (unpaired) electrons. The van der Waals surface area contributed by atoms with E-state index in [0.717, 1.165) is 13.2 Å². The van der Waals surface area contributed by atoms with Gasteiger partial charge in [-0.25, -0.2) is 24.3 Å². The van der Waals surface area contributed by atoms with Crippen molar-refractivity contribution in [1.29, 1.82) is 0 Å². The molecule has 0 amide bonds. The molecule has 1 fully saturated rings. The first-order chi connectivity index (χ1) is 7.50. The van der Waals surface area contributed by atoms with Crippen LogP contribution in [0.2, 0.25) is 0 Å². The first-order valence-electron chi connectivity index (χ1n) is 5.41. The largest absolute Gasteiger partial charge is 2.00 e. The molecule has 3 rings (SSSR count). The van der Waals surface area contributed by atoms with Crippen LogP contribution in [0.25, 0.3) is 0 Å². The summed E-state index contributed by atoms with van der Waals surface area (Å²) >= 11 is 0. The van der Waals surface area contributed by atoms with Gasteiger partial charge in [0.15, 0.2) is 0 Å². The molecular formula is C14H18OTi. The van der Waals surface area contributed by atoms with Crippen LogP contribution >= 0.6 is 0 Å². The van der Waals surface area contributed by atoms with Crippen molar-refractivity contribution in [2.45, 2.75) is 12.8 Å². The summed E-state index contributed by atoms with van der Waals surface area (Å²) in [6.45, 7) is 2.00. The summed E-state index contributed by atoms with van der Waals surface area (Å²) < 4.78 is 4.94. The molecule has 0 aliphatic carbocycles. The van der Waals surface area contributed by atoms with Crippen molar-refractivity contribution in [3.05, 3.63) is 60.7 Å². The predicted octanol–water partition coefficient (Wildman–Crippen LogP) is 3.61. The molecule has 2 aromatic rings. The molecular weight excluding hydrogens is 232 g/mol. The van der Waals surface area contributed by atoms with Gasteiger partial charge in [-0.15, -0.1) is 0 Å². The average Bonchev–Trinajstić information content (AvgIpc) is 3.09. The van der Waals surface area contributed by atoms with E-state index in [2.05, 4.69) is 0 Å². The molecule has 1 heterocycles. The van der Waals surface area contributed by atoms with Crippen LogP contribution in [-0.4, -0.2) is 13.2 Å². The first-order valence-corrected chi connectivity index (χ1v) is 5.41. The van der Waals surface area contributed by atoms with E-state index in [1.807, 2.05) is 60.7 Å². The van der Waals surface area contributed by atoms with Gasteiger partial charge in [0.1, 0.15) is 0 Å². The summed E-state index contributed by atoms with van der Waals surface area (Å²) in [5, 5.41) is 0. The number of hydrogen-bond donors (Lipinski definition) is 0. The molecule has 1 aliphatic rings. The molecule has 1 nitrogen and oxygen atoms in total. The second-order valence-corrected chi connectivity index (χ2v) is 3.24. The van der Waals surface area contributed by atoms with Crippen molar-refractivity contribution < 1.29 is 26.5 Å². The van der Waals surface area contributed by atoms with E-state index >= 15 is 0 Å². The van der Waals surface area contributed by atoms with Crippen LogP contribution in [-0.2, 0) is 26.5 Å². The Morgan fingerprint density at radius 2 is 1.06 bits per heavy atom. The van der Waals surface area contributed by atoms with E-state index in [-0.39, 0.29) is 21.7 Å². The maximum Gasteiger partial charge on any atom is 2.00 e. The Labute approximate surface area is 113 Å². The van der Waals surface area contributed by atoms with Gasteiger partial charge in [0.25, 0.3) is 0 Å². The Kier molecular flexibility index (Phi) is 12.0. The summed E-state index contributed by atoms with van der Waals surface area (Å²) in [7, 11) is 0. The molecule has 84 valence electrons. The van der Waals surface area contributed by atoms with Crippen molar-refractivity contribution in [1.82, 2.24) is 0 Å². The van der Waals surface area contributed by atoms with Crippen LogP contribution in [0, 0.1) is 0 Å². The summed E-state index contributed by atoms with van der Waals surface area (Å²) in [4.78, 5) is 0. The Balaban J connectivity index is 0.000000205. The van der Waals surface area contributed by atoms with Crippen molar-refractivity contribution in [3.63, 3.8) is 0 Å². The van der Waals surface area contributed by atoms with Crippen LogP contribution in [0.3, 0.4) is 0 Å². The van der Waals surface area contributed by atoms with Crippen molar-refractivity contribution >= 4 is 0 Å². The first kappa shape index (κ1) is 15.4. The fourth-order valence-electron chi connectivity index (χ4n) is 1.15. The third kappa shape index (κ3) is 9.91. The maximum atomic E-state index is 4.94. The number of rotatable bonds is 0. The second kappa shape index (κ2) is 12.4. The average molecular weight is 250 g/mol. The maximum absolute atomic E-state index is 4.94. The van der Waals surface area contributed by atoms with E-state index in [9.17, 15) is 0 Å². The monoisotopic (exact) mass is 250 g/mol. The molecule has 0 spiro atoms. The van der Waals surface area contributed by atoms with Crippen molar-refractivity contribution in [3.8, 4) is 0 Å². The van der Waals surface area contributed by atoms with Crippen molar-refractivity contribution in [2.24, 2.45) is 0 Å². The number of ether oxygens (including phenoxy) is 1. The third-order valence-corrected chi connectivity index (χ3v) is 1.94. The second-order valence-electron chi connectivity index (χ2n) is 3.24. The van der Waals surface area contributed by atoms with Crippen LogP contribution in [0.4, 0.5) is 0 Å². The molecule has 2 heteroatoms. The topological polar surface area (TPSA) is 9.23 Å². The third-order valence-electron chi connectivity index (χ3n) is 1.94. The molecule has 2 aromatic carbocycles. The Hall–Kier alpha value is -0.626. The molecule has 0 aromatic heterocycles. The quantitative estimate of drug-likeness (QED) is 0.512. The summed E-state index contributed by atoms with van der Waals surface area (Å²) in [6, 6.07) is 20.0. The summed E-state index contributed by atoms with van der Waals surface area (Å²) in [6.07, 6.45) is 2.56. The van der Waals surface area contributed by atoms with E-state index in [1.165, 1.54) is 12.8 Å². The van der Waals surface area contributed by atoms with Gasteiger partial charge in [-0.05, 0) is 12.8 Å². The minimum absolute atomic E-state index is 0. The molecule has 0 unspecified atom stereocenters. The Bertz CT molecular complexity index is 201. The Morgan fingerprint density at radius 1 is 0.688 bits per heavy atom. The molecule has 0 atom stereocenters. The number of hydrogen-bond acceptors (Lipinski definition) is 1. The van der Waals surface area contributed by atoms with Crippen LogP contribution in [0.15, 0.2) is 60.7 Å². The SMILES string of the molecule is C1CCOC1.[Ti+2].c1cc[cH-]c1.c1cc[cH-]c1. The molecule has 0 N–H and O–H groups in total. The fraction of sp³-hybridized carbons (Fsp3) is 0.286. The molecule has 0 saturated carbocycles. The van der Waals surface area contributed by atoms with Gasteiger partial charge in [0.2, 0.25) is 0 Å².